The second-order valence-corrected chi connectivity index (χ2v) is 4.75. The molecule has 0 heterocycles. The van der Waals surface area contributed by atoms with Crippen LogP contribution in [-0.2, 0) is 5.88 Å². The predicted octanol–water partition coefficient (Wildman–Crippen LogP) is 5.26. The van der Waals surface area contributed by atoms with Crippen molar-refractivity contribution in [3.05, 3.63) is 58.1 Å². The van der Waals surface area contributed by atoms with Crippen LogP contribution < -0.4 is 4.74 Å². The zero-order valence-electron chi connectivity index (χ0n) is 9.09. The van der Waals surface area contributed by atoms with E-state index in [-0.39, 0.29) is 11.6 Å². The van der Waals surface area contributed by atoms with Crippen LogP contribution in [0.3, 0.4) is 0 Å². The van der Waals surface area contributed by atoms with Crippen LogP contribution in [0.1, 0.15) is 5.56 Å². The van der Waals surface area contributed by atoms with E-state index in [0.717, 1.165) is 0 Å². The van der Waals surface area contributed by atoms with Gasteiger partial charge in [0.15, 0.2) is 11.6 Å². The Labute approximate surface area is 116 Å². The van der Waals surface area contributed by atoms with E-state index in [1.165, 1.54) is 30.3 Å². The summed E-state index contributed by atoms with van der Waals surface area (Å²) in [6, 6.07) is 8.36. The topological polar surface area (TPSA) is 9.23 Å². The van der Waals surface area contributed by atoms with Gasteiger partial charge < -0.3 is 4.74 Å². The third-order valence-electron chi connectivity index (χ3n) is 2.28. The van der Waals surface area contributed by atoms with Crippen molar-refractivity contribution >= 4 is 27.5 Å². The summed E-state index contributed by atoms with van der Waals surface area (Å²) >= 11 is 8.84. The predicted molar refractivity (Wildman–Crippen MR) is 70.1 cm³/mol. The zero-order chi connectivity index (χ0) is 13.1. The first-order valence-corrected chi connectivity index (χ1v) is 6.40. The number of halogens is 4. The molecule has 0 unspecified atom stereocenters. The second kappa shape index (κ2) is 5.67. The normalized spacial score (nSPS) is 10.4. The molecule has 2 rings (SSSR count). The molecule has 5 heteroatoms. The average molecular weight is 334 g/mol. The molecule has 0 spiro atoms. The van der Waals surface area contributed by atoms with E-state index in [1.807, 2.05) is 0 Å². The molecule has 94 valence electrons. The maximum atomic E-state index is 13.6. The molecular weight excluding hydrogens is 325 g/mol. The van der Waals surface area contributed by atoms with Gasteiger partial charge in [0.2, 0.25) is 0 Å². The van der Waals surface area contributed by atoms with Crippen molar-refractivity contribution < 1.29 is 13.5 Å². The van der Waals surface area contributed by atoms with Gasteiger partial charge in [-0.2, -0.15) is 0 Å². The van der Waals surface area contributed by atoms with Crippen LogP contribution in [0, 0.1) is 11.6 Å². The highest BCUT2D eigenvalue weighted by Gasteiger charge is 2.09. The Hall–Kier alpha value is -1.13. The van der Waals surface area contributed by atoms with Gasteiger partial charge in [-0.3, -0.25) is 0 Å². The van der Waals surface area contributed by atoms with Crippen molar-refractivity contribution in [1.29, 1.82) is 0 Å². The molecule has 0 fully saturated rings. The van der Waals surface area contributed by atoms with Crippen LogP contribution in [-0.4, -0.2) is 0 Å². The summed E-state index contributed by atoms with van der Waals surface area (Å²) in [5, 5.41) is 0. The van der Waals surface area contributed by atoms with Crippen LogP contribution >= 0.6 is 27.5 Å². The minimum atomic E-state index is -0.505. The van der Waals surface area contributed by atoms with Crippen LogP contribution in [0.25, 0.3) is 0 Å². The van der Waals surface area contributed by atoms with E-state index >= 15 is 0 Å². The number of hydrogen-bond acceptors (Lipinski definition) is 1. The van der Waals surface area contributed by atoms with Gasteiger partial charge in [0.1, 0.15) is 11.6 Å². The van der Waals surface area contributed by atoms with Gasteiger partial charge in [-0.1, -0.05) is 15.9 Å². The van der Waals surface area contributed by atoms with Gasteiger partial charge in [-0.25, -0.2) is 8.78 Å². The molecule has 18 heavy (non-hydrogen) atoms. The molecule has 0 N–H and O–H groups in total. The van der Waals surface area contributed by atoms with Crippen molar-refractivity contribution in [1.82, 2.24) is 0 Å². The molecule has 0 aromatic heterocycles. The van der Waals surface area contributed by atoms with Crippen LogP contribution in [0.2, 0.25) is 0 Å². The van der Waals surface area contributed by atoms with Crippen LogP contribution in [0.15, 0.2) is 40.9 Å². The molecule has 0 saturated heterocycles. The lowest BCUT2D eigenvalue weighted by Crippen LogP contribution is -1.93. The van der Waals surface area contributed by atoms with E-state index in [2.05, 4.69) is 15.9 Å². The smallest absolute Gasteiger partial charge is 0.166 e. The molecule has 0 bridgehead atoms. The van der Waals surface area contributed by atoms with Crippen molar-refractivity contribution in [2.45, 2.75) is 5.88 Å². The van der Waals surface area contributed by atoms with E-state index in [1.54, 1.807) is 6.07 Å². The number of alkyl halides is 1. The zero-order valence-corrected chi connectivity index (χ0v) is 11.4. The number of rotatable bonds is 3. The first-order chi connectivity index (χ1) is 8.60. The fourth-order valence-electron chi connectivity index (χ4n) is 1.43. The third-order valence-corrected chi connectivity index (χ3v) is 3.06. The highest BCUT2D eigenvalue weighted by atomic mass is 79.9. The number of hydrogen-bond donors (Lipinski definition) is 0. The van der Waals surface area contributed by atoms with Crippen molar-refractivity contribution in [2.24, 2.45) is 0 Å². The second-order valence-electron chi connectivity index (χ2n) is 3.56. The molecule has 0 radical (unpaired) electrons. The van der Waals surface area contributed by atoms with Gasteiger partial charge >= 0.3 is 0 Å². The molecular formula is C13H8BrClF2O. The van der Waals surface area contributed by atoms with E-state index < -0.39 is 11.6 Å². The number of ether oxygens (including phenoxy) is 1. The van der Waals surface area contributed by atoms with Gasteiger partial charge in [0, 0.05) is 10.0 Å². The summed E-state index contributed by atoms with van der Waals surface area (Å²) in [7, 11) is 0. The molecule has 1 nitrogen and oxygen atoms in total. The molecule has 0 aliphatic heterocycles. The quantitative estimate of drug-likeness (QED) is 0.696. The maximum absolute atomic E-state index is 13.6. The highest BCUT2D eigenvalue weighted by Crippen LogP contribution is 2.30. The van der Waals surface area contributed by atoms with Crippen molar-refractivity contribution in [2.75, 3.05) is 0 Å². The van der Waals surface area contributed by atoms with Crippen LogP contribution in [0.5, 0.6) is 11.5 Å². The molecule has 0 atom stereocenters. The Morgan fingerprint density at radius 3 is 2.44 bits per heavy atom. The summed E-state index contributed by atoms with van der Waals surface area (Å²) in [5.41, 5.74) is 0.471. The first kappa shape index (κ1) is 13.3. The summed E-state index contributed by atoms with van der Waals surface area (Å²) < 4.78 is 32.6. The van der Waals surface area contributed by atoms with Gasteiger partial charge in [0.05, 0.1) is 5.88 Å². The van der Waals surface area contributed by atoms with Crippen molar-refractivity contribution in [3.63, 3.8) is 0 Å². The molecule has 2 aromatic rings. The van der Waals surface area contributed by atoms with E-state index in [9.17, 15) is 8.78 Å². The average Bonchev–Trinajstić information content (AvgIpc) is 2.34. The fraction of sp³-hybridized carbons (Fsp3) is 0.0769. The van der Waals surface area contributed by atoms with E-state index in [4.69, 9.17) is 16.3 Å². The first-order valence-electron chi connectivity index (χ1n) is 5.07. The Morgan fingerprint density at radius 2 is 1.78 bits per heavy atom. The fourth-order valence-corrected chi connectivity index (χ4v) is 1.97. The summed E-state index contributed by atoms with van der Waals surface area (Å²) in [5.74, 6) is -0.419. The lowest BCUT2D eigenvalue weighted by molar-refractivity contribution is 0.437. The van der Waals surface area contributed by atoms with Crippen molar-refractivity contribution in [3.8, 4) is 11.5 Å². The van der Waals surface area contributed by atoms with Crippen LogP contribution in [0.4, 0.5) is 8.78 Å². The highest BCUT2D eigenvalue weighted by molar-refractivity contribution is 9.10. The summed E-state index contributed by atoms with van der Waals surface area (Å²) in [4.78, 5) is 0. The lowest BCUT2D eigenvalue weighted by Gasteiger charge is -2.10. The maximum Gasteiger partial charge on any atom is 0.166 e. The minimum absolute atomic E-state index is 0.0659. The van der Waals surface area contributed by atoms with Gasteiger partial charge in [0.25, 0.3) is 0 Å². The third kappa shape index (κ3) is 3.00. The number of benzene rings is 2. The lowest BCUT2D eigenvalue weighted by atomic mass is 10.2. The molecule has 2 aromatic carbocycles. The molecule has 0 amide bonds. The Bertz CT molecular complexity index is 575. The monoisotopic (exact) mass is 332 g/mol. The van der Waals surface area contributed by atoms with Gasteiger partial charge in [-0.15, -0.1) is 11.6 Å². The van der Waals surface area contributed by atoms with Gasteiger partial charge in [-0.05, 0) is 36.4 Å². The molecule has 0 aliphatic rings. The molecule has 0 aliphatic carbocycles. The Kier molecular flexibility index (Phi) is 4.19. The SMILES string of the molecule is Fc1ccc(Oc2ccc(Br)cc2F)c(CCl)c1. The standard InChI is InChI=1S/C13H8BrClF2O/c14-9-1-3-13(11(17)6-9)18-12-4-2-10(16)5-8(12)7-15/h1-6H,7H2. The summed E-state index contributed by atoms with van der Waals surface area (Å²) in [6.07, 6.45) is 0. The molecule has 0 saturated carbocycles. The summed E-state index contributed by atoms with van der Waals surface area (Å²) in [6.45, 7) is 0. The Morgan fingerprint density at radius 1 is 1.06 bits per heavy atom. The minimum Gasteiger partial charge on any atom is -0.454 e. The largest absolute Gasteiger partial charge is 0.454 e. The van der Waals surface area contributed by atoms with E-state index in [0.29, 0.717) is 15.8 Å². The Balaban J connectivity index is 2.33.